The summed E-state index contributed by atoms with van der Waals surface area (Å²) in [5.41, 5.74) is -1.29. The van der Waals surface area contributed by atoms with Gasteiger partial charge in [0.15, 0.2) is 22.5 Å². The predicted molar refractivity (Wildman–Crippen MR) is 186 cm³/mol. The third kappa shape index (κ3) is 5.59. The van der Waals surface area contributed by atoms with E-state index >= 15 is 0 Å². The molecule has 0 amide bonds. The molecule has 4 aromatic rings. The Kier molecular flexibility index (Phi) is 9.46. The standard InChI is InChI=1S/C39H39NO9S/c1-6-47-36(41)38(37(42)48-7-2)24-30(27-19-22-32(45-4)33(23-27)46-5)39(34(38)26-13-9-8-10-14-26)35(29-15-11-12-16-31(29)49-39)40-50(43,44)28-20-17-25(3)18-21-28/h8-23,30,34H,6-7,24H2,1-5H3/b40-35+/t30-,34-,39+/m0/s1. The molecule has 1 spiro atoms. The van der Waals surface area contributed by atoms with E-state index in [4.69, 9.17) is 23.7 Å². The molecule has 0 N–H and O–H groups in total. The van der Waals surface area contributed by atoms with E-state index in [1.54, 1.807) is 92.7 Å². The number of carbonyl (C=O) groups is 2. The van der Waals surface area contributed by atoms with Crippen LogP contribution in [0.3, 0.4) is 0 Å². The van der Waals surface area contributed by atoms with Crippen LogP contribution in [-0.2, 0) is 29.1 Å². The van der Waals surface area contributed by atoms with E-state index in [0.717, 1.165) is 5.56 Å². The number of esters is 2. The first-order valence-electron chi connectivity index (χ1n) is 16.4. The topological polar surface area (TPSA) is 127 Å². The second-order valence-corrected chi connectivity index (χ2v) is 13.9. The summed E-state index contributed by atoms with van der Waals surface area (Å²) in [6.07, 6.45) is -0.169. The number of ether oxygens (including phenoxy) is 5. The van der Waals surface area contributed by atoms with Crippen molar-refractivity contribution < 1.29 is 41.7 Å². The highest BCUT2D eigenvalue weighted by Crippen LogP contribution is 2.67. The van der Waals surface area contributed by atoms with Crippen LogP contribution in [0.2, 0.25) is 0 Å². The number of para-hydroxylation sites is 1. The maximum absolute atomic E-state index is 14.5. The maximum Gasteiger partial charge on any atom is 0.324 e. The molecule has 2 aliphatic rings. The predicted octanol–water partition coefficient (Wildman–Crippen LogP) is 6.41. The zero-order chi connectivity index (χ0) is 35.7. The van der Waals surface area contributed by atoms with E-state index in [9.17, 15) is 18.0 Å². The van der Waals surface area contributed by atoms with E-state index in [1.807, 2.05) is 13.0 Å². The minimum Gasteiger partial charge on any atom is -0.493 e. The summed E-state index contributed by atoms with van der Waals surface area (Å²) in [5.74, 6) is -2.48. The Morgan fingerprint density at radius 3 is 2.04 bits per heavy atom. The summed E-state index contributed by atoms with van der Waals surface area (Å²) in [4.78, 5) is 29.1. The van der Waals surface area contributed by atoms with Gasteiger partial charge in [0.25, 0.3) is 10.0 Å². The van der Waals surface area contributed by atoms with Crippen LogP contribution >= 0.6 is 0 Å². The number of methoxy groups -OCH3 is 2. The fourth-order valence-corrected chi connectivity index (χ4v) is 8.47. The third-order valence-electron chi connectivity index (χ3n) is 9.51. The molecule has 10 nitrogen and oxygen atoms in total. The SMILES string of the molecule is CCOC(=O)C1(C(=O)OCC)C[C@@H](c2ccc(OC)c(OC)c2)[C@@]2(Oc3ccccc3/C2=N\S(=O)(=O)c2ccc(C)cc2)[C@H]1c1ccccc1. The van der Waals surface area contributed by atoms with Crippen molar-refractivity contribution >= 4 is 27.7 Å². The molecule has 1 aliphatic heterocycles. The van der Waals surface area contributed by atoms with Gasteiger partial charge in [-0.1, -0.05) is 66.2 Å². The van der Waals surface area contributed by atoms with E-state index in [-0.39, 0.29) is 30.2 Å². The van der Waals surface area contributed by atoms with Crippen molar-refractivity contribution in [2.45, 2.75) is 49.5 Å². The molecular weight excluding hydrogens is 658 g/mol. The lowest BCUT2D eigenvalue weighted by molar-refractivity contribution is -0.174. The molecule has 0 radical (unpaired) electrons. The molecule has 1 aliphatic carbocycles. The first-order chi connectivity index (χ1) is 24.1. The first-order valence-corrected chi connectivity index (χ1v) is 17.8. The number of sulfonamides is 1. The summed E-state index contributed by atoms with van der Waals surface area (Å²) < 4.78 is 62.9. The largest absolute Gasteiger partial charge is 0.493 e. The second-order valence-electron chi connectivity index (χ2n) is 12.2. The molecule has 3 atom stereocenters. The first kappa shape index (κ1) is 34.7. The van der Waals surface area contributed by atoms with Crippen molar-refractivity contribution in [3.05, 3.63) is 119 Å². The molecule has 0 unspecified atom stereocenters. The van der Waals surface area contributed by atoms with Crippen molar-refractivity contribution in [2.24, 2.45) is 9.81 Å². The molecule has 1 heterocycles. The van der Waals surface area contributed by atoms with Gasteiger partial charge in [0, 0.05) is 11.5 Å². The number of fused-ring (bicyclic) bond motifs is 1. The number of aryl methyl sites for hydroxylation is 1. The average molecular weight is 698 g/mol. The molecule has 4 aromatic carbocycles. The third-order valence-corrected chi connectivity index (χ3v) is 10.8. The molecular formula is C39H39NO9S. The molecule has 11 heteroatoms. The van der Waals surface area contributed by atoms with Crippen LogP contribution in [-0.4, -0.2) is 59.1 Å². The Morgan fingerprint density at radius 1 is 0.800 bits per heavy atom. The average Bonchev–Trinajstić information content (AvgIpc) is 3.61. The number of carbonyl (C=O) groups excluding carboxylic acids is 2. The Labute approximate surface area is 292 Å². The Balaban J connectivity index is 1.76. The van der Waals surface area contributed by atoms with Crippen molar-refractivity contribution in [3.8, 4) is 17.2 Å². The van der Waals surface area contributed by atoms with Gasteiger partial charge in [-0.2, -0.15) is 12.8 Å². The van der Waals surface area contributed by atoms with Gasteiger partial charge in [-0.05, 0) is 74.7 Å². The van der Waals surface area contributed by atoms with Gasteiger partial charge in [0.2, 0.25) is 0 Å². The lowest BCUT2D eigenvalue weighted by Gasteiger charge is -2.40. The molecule has 0 bridgehead atoms. The van der Waals surface area contributed by atoms with E-state index in [1.165, 1.54) is 26.4 Å². The summed E-state index contributed by atoms with van der Waals surface area (Å²) in [7, 11) is -1.35. The van der Waals surface area contributed by atoms with Crippen LogP contribution in [0.4, 0.5) is 0 Å². The van der Waals surface area contributed by atoms with Crippen LogP contribution in [0.5, 0.6) is 17.2 Å². The van der Waals surface area contributed by atoms with Gasteiger partial charge in [-0.15, -0.1) is 0 Å². The van der Waals surface area contributed by atoms with Gasteiger partial charge < -0.3 is 23.7 Å². The van der Waals surface area contributed by atoms with E-state index in [2.05, 4.69) is 4.40 Å². The number of benzene rings is 4. The number of nitrogens with zero attached hydrogens (tertiary/aromatic N) is 1. The van der Waals surface area contributed by atoms with Crippen LogP contribution in [0.15, 0.2) is 106 Å². The van der Waals surface area contributed by atoms with Gasteiger partial charge in [-0.3, -0.25) is 9.59 Å². The Hall–Kier alpha value is -5.16. The molecule has 0 saturated heterocycles. The highest BCUT2D eigenvalue weighted by atomic mass is 32.2. The fourth-order valence-electron chi connectivity index (χ4n) is 7.40. The van der Waals surface area contributed by atoms with Crippen molar-refractivity contribution in [3.63, 3.8) is 0 Å². The highest BCUT2D eigenvalue weighted by Gasteiger charge is 2.76. The van der Waals surface area contributed by atoms with E-state index < -0.39 is 44.8 Å². The molecule has 260 valence electrons. The van der Waals surface area contributed by atoms with Crippen molar-refractivity contribution in [2.75, 3.05) is 27.4 Å². The summed E-state index contributed by atoms with van der Waals surface area (Å²) in [6, 6.07) is 27.6. The second kappa shape index (κ2) is 13.6. The van der Waals surface area contributed by atoms with Gasteiger partial charge in [-0.25, -0.2) is 0 Å². The maximum atomic E-state index is 14.5. The quantitative estimate of drug-likeness (QED) is 0.137. The number of hydrogen-bond donors (Lipinski definition) is 0. The van der Waals surface area contributed by atoms with Crippen LogP contribution < -0.4 is 14.2 Å². The lowest BCUT2D eigenvalue weighted by Crippen LogP contribution is -2.54. The van der Waals surface area contributed by atoms with E-state index in [0.29, 0.717) is 33.9 Å². The minimum atomic E-state index is -4.37. The Bertz CT molecular complexity index is 2030. The van der Waals surface area contributed by atoms with Crippen LogP contribution in [0.25, 0.3) is 0 Å². The molecule has 1 saturated carbocycles. The highest BCUT2D eigenvalue weighted by molar-refractivity contribution is 7.90. The zero-order valence-corrected chi connectivity index (χ0v) is 29.4. The normalized spacial score (nSPS) is 21.3. The van der Waals surface area contributed by atoms with Crippen molar-refractivity contribution in [1.29, 1.82) is 0 Å². The zero-order valence-electron chi connectivity index (χ0n) is 28.5. The van der Waals surface area contributed by atoms with Crippen LogP contribution in [0, 0.1) is 12.3 Å². The summed E-state index contributed by atoms with van der Waals surface area (Å²) in [5, 5.41) is 0. The van der Waals surface area contributed by atoms with Gasteiger partial charge >= 0.3 is 11.9 Å². The smallest absolute Gasteiger partial charge is 0.324 e. The van der Waals surface area contributed by atoms with Gasteiger partial charge in [0.05, 0.1) is 38.2 Å². The monoisotopic (exact) mass is 697 g/mol. The number of rotatable bonds is 10. The fraction of sp³-hybridized carbons (Fsp3) is 0.308. The van der Waals surface area contributed by atoms with Gasteiger partial charge in [0.1, 0.15) is 11.5 Å². The molecule has 1 fully saturated rings. The summed E-state index contributed by atoms with van der Waals surface area (Å²) >= 11 is 0. The summed E-state index contributed by atoms with van der Waals surface area (Å²) in [6.45, 7) is 5.15. The lowest BCUT2D eigenvalue weighted by atomic mass is 9.67. The molecule has 6 rings (SSSR count). The number of hydrogen-bond acceptors (Lipinski definition) is 9. The Morgan fingerprint density at radius 2 is 1.42 bits per heavy atom. The molecule has 50 heavy (non-hydrogen) atoms. The van der Waals surface area contributed by atoms with Crippen molar-refractivity contribution in [1.82, 2.24) is 0 Å². The van der Waals surface area contributed by atoms with Crippen LogP contribution in [0.1, 0.15) is 54.4 Å². The molecule has 0 aromatic heterocycles. The minimum absolute atomic E-state index is 0.0145.